The maximum absolute atomic E-state index is 9.02. The summed E-state index contributed by atoms with van der Waals surface area (Å²) in [4.78, 5) is 0. The Labute approximate surface area is 54.4 Å². The van der Waals surface area contributed by atoms with Gasteiger partial charge in [-0.3, -0.25) is 10.6 Å². The van der Waals surface area contributed by atoms with Gasteiger partial charge in [-0.2, -0.15) is 0 Å². The zero-order chi connectivity index (χ0) is 6.85. The van der Waals surface area contributed by atoms with Gasteiger partial charge in [0.05, 0.1) is 0 Å². The van der Waals surface area contributed by atoms with Crippen molar-refractivity contribution < 1.29 is 5.11 Å². The third kappa shape index (κ3) is 1.91. The molecule has 1 aliphatic heterocycles. The van der Waals surface area contributed by atoms with Gasteiger partial charge in [0.2, 0.25) is 0 Å². The number of nitrogens with two attached hydrogens (primary N) is 1. The summed E-state index contributed by atoms with van der Waals surface area (Å²) >= 11 is 0. The quantitative estimate of drug-likeness (QED) is 0.323. The minimum Gasteiger partial charge on any atom is -0.378 e. The highest BCUT2D eigenvalue weighted by atomic mass is 16.3. The third-order valence-electron chi connectivity index (χ3n) is 1.41. The fourth-order valence-corrected chi connectivity index (χ4v) is 1.03. The van der Waals surface area contributed by atoms with Crippen molar-refractivity contribution in [3.63, 3.8) is 0 Å². The zero-order valence-electron chi connectivity index (χ0n) is 5.46. The topological polar surface area (TPSA) is 70.3 Å². The Morgan fingerprint density at radius 2 is 2.22 bits per heavy atom. The Morgan fingerprint density at radius 1 is 1.56 bits per heavy atom. The molecule has 4 heteroatoms. The van der Waals surface area contributed by atoms with Gasteiger partial charge in [0, 0.05) is 12.5 Å². The van der Waals surface area contributed by atoms with E-state index in [1.165, 1.54) is 0 Å². The van der Waals surface area contributed by atoms with Gasteiger partial charge >= 0.3 is 0 Å². The highest BCUT2D eigenvalue weighted by Gasteiger charge is 2.19. The van der Waals surface area contributed by atoms with Crippen molar-refractivity contribution in [2.24, 2.45) is 5.73 Å². The standard InChI is InChI=1S/C5H13N3O/c1-3-2-4(9)8-5(6)7-3/h3-5,7-9H,2,6H2,1H3. The molecule has 5 N–H and O–H groups in total. The number of rotatable bonds is 0. The summed E-state index contributed by atoms with van der Waals surface area (Å²) < 4.78 is 0. The van der Waals surface area contributed by atoms with Crippen LogP contribution in [0, 0.1) is 0 Å². The van der Waals surface area contributed by atoms with Gasteiger partial charge in [-0.1, -0.05) is 0 Å². The highest BCUT2D eigenvalue weighted by molar-refractivity contribution is 4.74. The first-order valence-electron chi connectivity index (χ1n) is 3.14. The summed E-state index contributed by atoms with van der Waals surface area (Å²) in [5.41, 5.74) is 5.43. The molecule has 9 heavy (non-hydrogen) atoms. The SMILES string of the molecule is CC1CC(O)NC(N)N1. The van der Waals surface area contributed by atoms with Gasteiger partial charge in [0.15, 0.2) is 0 Å². The number of nitrogens with one attached hydrogen (secondary N) is 2. The average molecular weight is 131 g/mol. The van der Waals surface area contributed by atoms with Gasteiger partial charge in [-0.05, 0) is 6.92 Å². The predicted octanol–water partition coefficient (Wildman–Crippen LogP) is -1.48. The first-order chi connectivity index (χ1) is 4.18. The Kier molecular flexibility index (Phi) is 2.02. The Bertz CT molecular complexity index is 73.2. The molecule has 3 unspecified atom stereocenters. The maximum Gasteiger partial charge on any atom is 0.111 e. The van der Waals surface area contributed by atoms with E-state index in [2.05, 4.69) is 10.6 Å². The van der Waals surface area contributed by atoms with Crippen molar-refractivity contribution in [1.82, 2.24) is 10.6 Å². The molecule has 0 amide bonds. The Balaban J connectivity index is 2.34. The van der Waals surface area contributed by atoms with Crippen LogP contribution in [0.25, 0.3) is 0 Å². The summed E-state index contributed by atoms with van der Waals surface area (Å²) in [5, 5.41) is 14.8. The largest absolute Gasteiger partial charge is 0.378 e. The van der Waals surface area contributed by atoms with E-state index >= 15 is 0 Å². The lowest BCUT2D eigenvalue weighted by atomic mass is 10.2. The lowest BCUT2D eigenvalue weighted by Gasteiger charge is -2.30. The van der Waals surface area contributed by atoms with E-state index in [0.29, 0.717) is 12.5 Å². The molecule has 0 saturated carbocycles. The molecule has 0 bridgehead atoms. The highest BCUT2D eigenvalue weighted by Crippen LogP contribution is 1.99. The van der Waals surface area contributed by atoms with Crippen LogP contribution < -0.4 is 16.4 Å². The van der Waals surface area contributed by atoms with Crippen molar-refractivity contribution >= 4 is 0 Å². The van der Waals surface area contributed by atoms with Crippen molar-refractivity contribution in [1.29, 1.82) is 0 Å². The van der Waals surface area contributed by atoms with Crippen LogP contribution in [0.15, 0.2) is 0 Å². The van der Waals surface area contributed by atoms with Crippen molar-refractivity contribution in [3.8, 4) is 0 Å². The normalized spacial score (nSPS) is 45.0. The predicted molar refractivity (Wildman–Crippen MR) is 34.3 cm³/mol. The average Bonchev–Trinajstić information content (AvgIpc) is 1.59. The molecule has 0 spiro atoms. The van der Waals surface area contributed by atoms with E-state index < -0.39 is 6.23 Å². The van der Waals surface area contributed by atoms with Crippen LogP contribution in [0.5, 0.6) is 0 Å². The molecule has 4 nitrogen and oxygen atoms in total. The van der Waals surface area contributed by atoms with E-state index in [1.807, 2.05) is 6.92 Å². The van der Waals surface area contributed by atoms with E-state index in [-0.39, 0.29) is 6.29 Å². The molecule has 0 aromatic heterocycles. The van der Waals surface area contributed by atoms with Crippen molar-refractivity contribution in [3.05, 3.63) is 0 Å². The van der Waals surface area contributed by atoms with Crippen LogP contribution in [0.1, 0.15) is 13.3 Å². The van der Waals surface area contributed by atoms with E-state index in [9.17, 15) is 0 Å². The molecule has 1 fully saturated rings. The summed E-state index contributed by atoms with van der Waals surface area (Å²) in [6.45, 7) is 1.99. The Hall–Kier alpha value is -0.160. The molecule has 1 heterocycles. The zero-order valence-corrected chi connectivity index (χ0v) is 5.46. The first-order valence-corrected chi connectivity index (χ1v) is 3.14. The molecule has 0 aromatic rings. The van der Waals surface area contributed by atoms with E-state index in [1.54, 1.807) is 0 Å². The van der Waals surface area contributed by atoms with Crippen LogP contribution >= 0.6 is 0 Å². The smallest absolute Gasteiger partial charge is 0.111 e. The third-order valence-corrected chi connectivity index (χ3v) is 1.41. The van der Waals surface area contributed by atoms with Crippen LogP contribution in [0.3, 0.4) is 0 Å². The first kappa shape index (κ1) is 6.95. The second-order valence-corrected chi connectivity index (χ2v) is 2.46. The van der Waals surface area contributed by atoms with Crippen LogP contribution in [0.4, 0.5) is 0 Å². The molecule has 3 atom stereocenters. The fraction of sp³-hybridized carbons (Fsp3) is 1.00. The lowest BCUT2D eigenvalue weighted by Crippen LogP contribution is -2.61. The second kappa shape index (κ2) is 2.62. The van der Waals surface area contributed by atoms with E-state index in [4.69, 9.17) is 10.8 Å². The summed E-state index contributed by atoms with van der Waals surface area (Å²) in [7, 11) is 0. The Morgan fingerprint density at radius 3 is 2.67 bits per heavy atom. The van der Waals surface area contributed by atoms with Gasteiger partial charge in [0.25, 0.3) is 0 Å². The molecule has 0 radical (unpaired) electrons. The molecular formula is C5H13N3O. The number of aliphatic hydroxyl groups excluding tert-OH is 1. The molecule has 1 rings (SSSR count). The monoisotopic (exact) mass is 131 g/mol. The van der Waals surface area contributed by atoms with Gasteiger partial charge in [-0.15, -0.1) is 0 Å². The number of hydrogen-bond donors (Lipinski definition) is 4. The van der Waals surface area contributed by atoms with Crippen LogP contribution in [-0.4, -0.2) is 23.7 Å². The second-order valence-electron chi connectivity index (χ2n) is 2.46. The molecular weight excluding hydrogens is 118 g/mol. The molecule has 1 saturated heterocycles. The minimum atomic E-state index is -0.448. The minimum absolute atomic E-state index is 0.260. The fourth-order valence-electron chi connectivity index (χ4n) is 1.03. The van der Waals surface area contributed by atoms with Gasteiger partial charge < -0.3 is 10.8 Å². The molecule has 54 valence electrons. The van der Waals surface area contributed by atoms with Crippen molar-refractivity contribution in [2.75, 3.05) is 0 Å². The van der Waals surface area contributed by atoms with Gasteiger partial charge in [0.1, 0.15) is 12.5 Å². The molecule has 0 aliphatic carbocycles. The summed E-state index contributed by atoms with van der Waals surface area (Å²) in [5.74, 6) is 0. The summed E-state index contributed by atoms with van der Waals surface area (Å²) in [6, 6.07) is 0.302. The maximum atomic E-state index is 9.02. The molecule has 1 aliphatic rings. The van der Waals surface area contributed by atoms with E-state index in [0.717, 1.165) is 0 Å². The number of aliphatic hydroxyl groups is 1. The van der Waals surface area contributed by atoms with Crippen molar-refractivity contribution in [2.45, 2.75) is 31.9 Å². The van der Waals surface area contributed by atoms with Crippen LogP contribution in [-0.2, 0) is 0 Å². The van der Waals surface area contributed by atoms with Gasteiger partial charge in [-0.25, -0.2) is 0 Å². The number of hydrogen-bond acceptors (Lipinski definition) is 4. The summed E-state index contributed by atoms with van der Waals surface area (Å²) in [6.07, 6.45) is 0.00764. The lowest BCUT2D eigenvalue weighted by molar-refractivity contribution is 0.0653. The van der Waals surface area contributed by atoms with Crippen LogP contribution in [0.2, 0.25) is 0 Å². The molecule has 0 aromatic carbocycles.